The zero-order valence-electron chi connectivity index (χ0n) is 13.0. The van der Waals surface area contributed by atoms with Gasteiger partial charge in [0.05, 0.1) is 12.1 Å². The molecule has 0 aliphatic heterocycles. The van der Waals surface area contributed by atoms with Crippen molar-refractivity contribution in [3.63, 3.8) is 0 Å². The fourth-order valence-electron chi connectivity index (χ4n) is 2.25. The van der Waals surface area contributed by atoms with Crippen LogP contribution in [0.1, 0.15) is 11.1 Å². The second-order valence-electron chi connectivity index (χ2n) is 5.39. The molecule has 1 aromatic heterocycles. The molecule has 2 aromatic carbocycles. The van der Waals surface area contributed by atoms with E-state index >= 15 is 0 Å². The molecule has 0 unspecified atom stereocenters. The second-order valence-corrected chi connectivity index (χ2v) is 5.39. The molecule has 0 bridgehead atoms. The van der Waals surface area contributed by atoms with Crippen LogP contribution >= 0.6 is 0 Å². The van der Waals surface area contributed by atoms with Crippen LogP contribution in [0.15, 0.2) is 54.9 Å². The van der Waals surface area contributed by atoms with Crippen LogP contribution in [0.3, 0.4) is 0 Å². The Kier molecular flexibility index (Phi) is 4.14. The van der Waals surface area contributed by atoms with Crippen molar-refractivity contribution < 1.29 is 4.79 Å². The molecule has 6 nitrogen and oxygen atoms in total. The van der Waals surface area contributed by atoms with Crippen LogP contribution in [0.5, 0.6) is 0 Å². The van der Waals surface area contributed by atoms with E-state index in [1.165, 1.54) is 11.9 Å². The molecule has 3 rings (SSSR count). The molecule has 0 aliphatic rings. The number of anilines is 1. The lowest BCUT2D eigenvalue weighted by Gasteiger charge is -2.17. The van der Waals surface area contributed by atoms with Gasteiger partial charge in [0.2, 0.25) is 5.91 Å². The summed E-state index contributed by atoms with van der Waals surface area (Å²) in [6, 6.07) is 15.5. The second kappa shape index (κ2) is 6.39. The predicted octanol–water partition coefficient (Wildman–Crippen LogP) is 2.18. The Morgan fingerprint density at radius 3 is 2.39 bits per heavy atom. The Hall–Kier alpha value is -3.02. The highest BCUT2D eigenvalue weighted by atomic mass is 16.2. The number of benzene rings is 2. The smallest absolute Gasteiger partial charge is 0.231 e. The number of aromatic nitrogens is 4. The Bertz CT molecular complexity index is 779. The molecule has 0 radical (unpaired) electrons. The van der Waals surface area contributed by atoms with E-state index in [9.17, 15) is 4.79 Å². The van der Waals surface area contributed by atoms with Crippen molar-refractivity contribution in [2.45, 2.75) is 13.3 Å². The number of carbonyl (C=O) groups excluding carboxylic acids is 1. The summed E-state index contributed by atoms with van der Waals surface area (Å²) < 4.78 is 1.57. The highest BCUT2D eigenvalue weighted by Crippen LogP contribution is 2.15. The lowest BCUT2D eigenvalue weighted by molar-refractivity contribution is -0.117. The van der Waals surface area contributed by atoms with E-state index in [2.05, 4.69) is 15.5 Å². The number of carbonyl (C=O) groups is 1. The lowest BCUT2D eigenvalue weighted by atomic mass is 10.1. The summed E-state index contributed by atoms with van der Waals surface area (Å²) in [5.41, 5.74) is 3.88. The number of hydrogen-bond acceptors (Lipinski definition) is 4. The molecule has 0 aliphatic carbocycles. The summed E-state index contributed by atoms with van der Waals surface area (Å²) in [7, 11) is 1.79. The topological polar surface area (TPSA) is 63.9 Å². The Labute approximate surface area is 134 Å². The summed E-state index contributed by atoms with van der Waals surface area (Å²) in [4.78, 5) is 14.1. The Morgan fingerprint density at radius 2 is 1.78 bits per heavy atom. The van der Waals surface area contributed by atoms with Crippen LogP contribution in [0, 0.1) is 6.92 Å². The van der Waals surface area contributed by atoms with Gasteiger partial charge in [0.15, 0.2) is 0 Å². The van der Waals surface area contributed by atoms with Crippen LogP contribution in [0.2, 0.25) is 0 Å². The highest BCUT2D eigenvalue weighted by Gasteiger charge is 2.11. The minimum absolute atomic E-state index is 0.0454. The largest absolute Gasteiger partial charge is 0.315 e. The number of hydrogen-bond donors (Lipinski definition) is 0. The molecule has 6 heteroatoms. The average molecular weight is 307 g/mol. The first-order valence-corrected chi connectivity index (χ1v) is 7.29. The first-order chi connectivity index (χ1) is 11.1. The number of tetrazole rings is 1. The third-order valence-electron chi connectivity index (χ3n) is 3.70. The van der Waals surface area contributed by atoms with Crippen LogP contribution in [0.4, 0.5) is 5.69 Å². The fraction of sp³-hybridized carbons (Fsp3) is 0.176. The van der Waals surface area contributed by atoms with E-state index in [1.54, 1.807) is 16.6 Å². The number of amides is 1. The molecule has 0 saturated heterocycles. The van der Waals surface area contributed by atoms with Crippen molar-refractivity contribution >= 4 is 11.6 Å². The van der Waals surface area contributed by atoms with Crippen LogP contribution in [-0.4, -0.2) is 33.2 Å². The number of aryl methyl sites for hydroxylation is 1. The predicted molar refractivity (Wildman–Crippen MR) is 87.4 cm³/mol. The summed E-state index contributed by atoms with van der Waals surface area (Å²) in [5.74, 6) is 0.0454. The van der Waals surface area contributed by atoms with Gasteiger partial charge in [-0.2, -0.15) is 0 Å². The van der Waals surface area contributed by atoms with Crippen LogP contribution in [0.25, 0.3) is 5.69 Å². The maximum atomic E-state index is 12.4. The van der Waals surface area contributed by atoms with Crippen molar-refractivity contribution in [1.29, 1.82) is 0 Å². The average Bonchev–Trinajstić information content (AvgIpc) is 3.10. The standard InChI is InChI=1S/C17H17N5O/c1-13-3-7-15(8-4-13)21(2)17(23)11-14-5-9-16(10-6-14)22-12-18-19-20-22/h3-10,12H,11H2,1-2H3. The molecule has 0 spiro atoms. The van der Waals surface area contributed by atoms with Crippen molar-refractivity contribution in [2.24, 2.45) is 0 Å². The van der Waals surface area contributed by atoms with Crippen LogP contribution in [-0.2, 0) is 11.2 Å². The molecular weight excluding hydrogens is 290 g/mol. The summed E-state index contributed by atoms with van der Waals surface area (Å²) in [6.07, 6.45) is 1.88. The first-order valence-electron chi connectivity index (χ1n) is 7.29. The maximum Gasteiger partial charge on any atom is 0.231 e. The van der Waals surface area contributed by atoms with Crippen molar-refractivity contribution in [1.82, 2.24) is 20.2 Å². The molecule has 0 N–H and O–H groups in total. The molecule has 1 amide bonds. The van der Waals surface area contributed by atoms with E-state index in [1.807, 2.05) is 55.5 Å². The van der Waals surface area contributed by atoms with Gasteiger partial charge < -0.3 is 4.90 Å². The van der Waals surface area contributed by atoms with Gasteiger partial charge in [-0.25, -0.2) is 4.68 Å². The van der Waals surface area contributed by atoms with Gasteiger partial charge >= 0.3 is 0 Å². The third-order valence-corrected chi connectivity index (χ3v) is 3.70. The minimum atomic E-state index is 0.0454. The van der Waals surface area contributed by atoms with Gasteiger partial charge in [0.1, 0.15) is 6.33 Å². The quantitative estimate of drug-likeness (QED) is 0.741. The van der Waals surface area contributed by atoms with Crippen molar-refractivity contribution in [2.75, 3.05) is 11.9 Å². The van der Waals surface area contributed by atoms with E-state index < -0.39 is 0 Å². The summed E-state index contributed by atoms with van der Waals surface area (Å²) in [5, 5.41) is 11.0. The molecule has 3 aromatic rings. The number of rotatable bonds is 4. The van der Waals surface area contributed by atoms with Gasteiger partial charge in [0.25, 0.3) is 0 Å². The normalized spacial score (nSPS) is 10.5. The third kappa shape index (κ3) is 3.42. The van der Waals surface area contributed by atoms with Gasteiger partial charge in [0, 0.05) is 12.7 Å². The Morgan fingerprint density at radius 1 is 1.09 bits per heavy atom. The summed E-state index contributed by atoms with van der Waals surface area (Å²) in [6.45, 7) is 2.03. The molecular formula is C17H17N5O. The monoisotopic (exact) mass is 307 g/mol. The number of likely N-dealkylation sites (N-methyl/N-ethyl adjacent to an activating group) is 1. The fourth-order valence-corrected chi connectivity index (χ4v) is 2.25. The van der Waals surface area contributed by atoms with Crippen molar-refractivity contribution in [3.8, 4) is 5.69 Å². The molecule has 1 heterocycles. The number of nitrogens with zero attached hydrogens (tertiary/aromatic N) is 5. The van der Waals surface area contributed by atoms with Gasteiger partial charge in [-0.05, 0) is 47.2 Å². The van der Waals surface area contributed by atoms with Crippen molar-refractivity contribution in [3.05, 3.63) is 66.0 Å². The first kappa shape index (κ1) is 14.9. The molecule has 0 fully saturated rings. The van der Waals surface area contributed by atoms with Gasteiger partial charge in [-0.3, -0.25) is 4.79 Å². The maximum absolute atomic E-state index is 12.4. The van der Waals surface area contributed by atoms with E-state index in [-0.39, 0.29) is 5.91 Å². The zero-order valence-corrected chi connectivity index (χ0v) is 13.0. The molecule has 23 heavy (non-hydrogen) atoms. The zero-order chi connectivity index (χ0) is 16.2. The minimum Gasteiger partial charge on any atom is -0.315 e. The summed E-state index contributed by atoms with van der Waals surface area (Å²) >= 11 is 0. The highest BCUT2D eigenvalue weighted by molar-refractivity contribution is 5.94. The van der Waals surface area contributed by atoms with Crippen LogP contribution < -0.4 is 4.90 Å². The van der Waals surface area contributed by atoms with Gasteiger partial charge in [-0.1, -0.05) is 29.8 Å². The van der Waals surface area contributed by atoms with E-state index in [0.717, 1.165) is 16.9 Å². The van der Waals surface area contributed by atoms with Gasteiger partial charge in [-0.15, -0.1) is 5.10 Å². The molecule has 0 saturated carbocycles. The molecule has 0 atom stereocenters. The molecule has 116 valence electrons. The Balaban J connectivity index is 1.69. The van der Waals surface area contributed by atoms with E-state index in [0.29, 0.717) is 6.42 Å². The lowest BCUT2D eigenvalue weighted by Crippen LogP contribution is -2.27. The SMILES string of the molecule is Cc1ccc(N(C)C(=O)Cc2ccc(-n3cnnn3)cc2)cc1. The van der Waals surface area contributed by atoms with E-state index in [4.69, 9.17) is 0 Å².